The minimum atomic E-state index is -0.335. The molecule has 2 amide bonds. The quantitative estimate of drug-likeness (QED) is 0.457. The lowest BCUT2D eigenvalue weighted by atomic mass is 9.86. The fourth-order valence-electron chi connectivity index (χ4n) is 4.80. The van der Waals surface area contributed by atoms with Crippen LogP contribution in [0.25, 0.3) is 0 Å². The molecule has 3 N–H and O–H groups in total. The third kappa shape index (κ3) is 5.32. The number of anilines is 1. The summed E-state index contributed by atoms with van der Waals surface area (Å²) in [5, 5.41) is 9.15. The molecule has 174 valence electrons. The number of nitrogens with zero attached hydrogens (tertiary/aromatic N) is 1. The zero-order valence-corrected chi connectivity index (χ0v) is 19.7. The number of pyridine rings is 1. The molecule has 0 saturated carbocycles. The normalized spacial score (nSPS) is 20.4. The molecule has 0 radical (unpaired) electrons. The highest BCUT2D eigenvalue weighted by Gasteiger charge is 2.31. The third-order valence-corrected chi connectivity index (χ3v) is 7.47. The first-order chi connectivity index (χ1) is 16.7. The van der Waals surface area contributed by atoms with Gasteiger partial charge in [0.1, 0.15) is 0 Å². The van der Waals surface area contributed by atoms with Crippen molar-refractivity contribution in [1.82, 2.24) is 15.6 Å². The first-order valence-electron chi connectivity index (χ1n) is 11.7. The Bertz CT molecular complexity index is 1170. The summed E-state index contributed by atoms with van der Waals surface area (Å²) >= 11 is 1.08. The van der Waals surface area contributed by atoms with E-state index in [2.05, 4.69) is 69.5 Å². The Balaban J connectivity index is 1.24. The summed E-state index contributed by atoms with van der Waals surface area (Å²) < 4.78 is 0. The van der Waals surface area contributed by atoms with E-state index in [4.69, 9.17) is 0 Å². The number of nitrogens with one attached hydrogen (secondary N) is 3. The second kappa shape index (κ2) is 10.4. The van der Waals surface area contributed by atoms with Gasteiger partial charge >= 0.3 is 0 Å². The van der Waals surface area contributed by atoms with Crippen LogP contribution in [-0.2, 0) is 24.1 Å². The zero-order valence-electron chi connectivity index (χ0n) is 18.9. The molecule has 1 aromatic heterocycles. The molecule has 34 heavy (non-hydrogen) atoms. The highest BCUT2D eigenvalue weighted by molar-refractivity contribution is 8.15. The Hall–Kier alpha value is -3.16. The van der Waals surface area contributed by atoms with E-state index in [1.807, 2.05) is 24.4 Å². The molecule has 2 aliphatic heterocycles. The molecule has 1 fully saturated rings. The van der Waals surface area contributed by atoms with Crippen molar-refractivity contribution in [3.05, 3.63) is 95.3 Å². The Labute approximate surface area is 203 Å². The summed E-state index contributed by atoms with van der Waals surface area (Å²) in [5.74, 6) is 0.205. The molecule has 7 heteroatoms. The van der Waals surface area contributed by atoms with Crippen LogP contribution in [0.4, 0.5) is 10.5 Å². The molecule has 0 spiro atoms. The largest absolute Gasteiger partial charge is 0.383 e. The van der Waals surface area contributed by atoms with E-state index >= 15 is 0 Å². The van der Waals surface area contributed by atoms with Gasteiger partial charge in [0.15, 0.2) is 0 Å². The van der Waals surface area contributed by atoms with Crippen LogP contribution in [0.1, 0.15) is 28.4 Å². The molecule has 3 atom stereocenters. The Kier molecular flexibility index (Phi) is 6.92. The van der Waals surface area contributed by atoms with Crippen LogP contribution in [0.3, 0.4) is 0 Å². The van der Waals surface area contributed by atoms with Crippen molar-refractivity contribution in [3.8, 4) is 0 Å². The van der Waals surface area contributed by atoms with Crippen LogP contribution in [0.5, 0.6) is 0 Å². The molecule has 3 heterocycles. The van der Waals surface area contributed by atoms with Gasteiger partial charge in [0, 0.05) is 24.7 Å². The van der Waals surface area contributed by atoms with E-state index in [-0.39, 0.29) is 22.4 Å². The average Bonchev–Trinajstić information content (AvgIpc) is 3.18. The summed E-state index contributed by atoms with van der Waals surface area (Å²) in [5.41, 5.74) is 5.86. The van der Waals surface area contributed by atoms with Crippen molar-refractivity contribution in [2.45, 2.75) is 30.6 Å². The lowest BCUT2D eigenvalue weighted by Crippen LogP contribution is -2.37. The van der Waals surface area contributed by atoms with Crippen LogP contribution in [0.15, 0.2) is 72.9 Å². The number of benzene rings is 2. The molecular weight excluding hydrogens is 444 g/mol. The lowest BCUT2D eigenvalue weighted by Gasteiger charge is -2.33. The number of rotatable bonds is 8. The van der Waals surface area contributed by atoms with Crippen molar-refractivity contribution < 1.29 is 9.59 Å². The molecular formula is C27H28N4O2S. The van der Waals surface area contributed by atoms with E-state index in [0.717, 1.165) is 54.6 Å². The average molecular weight is 473 g/mol. The number of fused-ring (bicyclic) bond motifs is 1. The van der Waals surface area contributed by atoms with Crippen LogP contribution in [0.2, 0.25) is 0 Å². The summed E-state index contributed by atoms with van der Waals surface area (Å²) in [6.07, 6.45) is 4.25. The predicted molar refractivity (Wildman–Crippen MR) is 136 cm³/mol. The van der Waals surface area contributed by atoms with Gasteiger partial charge in [-0.25, -0.2) is 0 Å². The molecule has 6 nitrogen and oxygen atoms in total. The number of hydrogen-bond acceptors (Lipinski definition) is 6. The van der Waals surface area contributed by atoms with Crippen molar-refractivity contribution >= 4 is 28.6 Å². The van der Waals surface area contributed by atoms with Crippen molar-refractivity contribution in [2.75, 3.05) is 18.4 Å². The van der Waals surface area contributed by atoms with Gasteiger partial charge in [-0.1, -0.05) is 66.4 Å². The van der Waals surface area contributed by atoms with E-state index in [9.17, 15) is 9.59 Å². The number of carbonyl (C=O) groups is 2. The summed E-state index contributed by atoms with van der Waals surface area (Å²) in [7, 11) is 0. The Morgan fingerprint density at radius 3 is 2.71 bits per heavy atom. The summed E-state index contributed by atoms with van der Waals surface area (Å²) in [4.78, 5) is 28.0. The van der Waals surface area contributed by atoms with Gasteiger partial charge in [-0.05, 0) is 54.6 Å². The second-order valence-electron chi connectivity index (χ2n) is 8.84. The number of aromatic nitrogens is 1. The van der Waals surface area contributed by atoms with Crippen LogP contribution in [-0.4, -0.2) is 34.5 Å². The monoisotopic (exact) mass is 472 g/mol. The number of carbonyl (C=O) groups excluding carboxylic acids is 2. The summed E-state index contributed by atoms with van der Waals surface area (Å²) in [6, 6.07) is 23.3. The van der Waals surface area contributed by atoms with Crippen molar-refractivity contribution in [1.29, 1.82) is 0 Å². The molecule has 5 rings (SSSR count). The highest BCUT2D eigenvalue weighted by atomic mass is 32.2. The minimum Gasteiger partial charge on any atom is -0.383 e. The summed E-state index contributed by atoms with van der Waals surface area (Å²) in [6.45, 7) is 1.74. The van der Waals surface area contributed by atoms with Crippen LogP contribution in [0, 0.1) is 5.92 Å². The SMILES string of the molecule is O=C1NC(=O)C(Cc2cccc(CCN[C@H](c3ccccc3)[C@H]3CNc4cccnc4C3)c2)S1. The van der Waals surface area contributed by atoms with Gasteiger partial charge in [0.2, 0.25) is 5.91 Å². The smallest absolute Gasteiger partial charge is 0.286 e. The van der Waals surface area contributed by atoms with E-state index in [1.165, 1.54) is 11.1 Å². The van der Waals surface area contributed by atoms with E-state index in [0.29, 0.717) is 12.3 Å². The fraction of sp³-hybridized carbons (Fsp3) is 0.296. The van der Waals surface area contributed by atoms with Crippen LogP contribution < -0.4 is 16.0 Å². The Morgan fingerprint density at radius 1 is 1.03 bits per heavy atom. The van der Waals surface area contributed by atoms with Gasteiger partial charge in [0.25, 0.3) is 5.24 Å². The molecule has 1 unspecified atom stereocenters. The number of hydrogen-bond donors (Lipinski definition) is 3. The molecule has 2 aliphatic rings. The lowest BCUT2D eigenvalue weighted by molar-refractivity contribution is -0.118. The maximum atomic E-state index is 11.9. The first-order valence-corrected chi connectivity index (χ1v) is 12.6. The molecule has 0 bridgehead atoms. The second-order valence-corrected chi connectivity index (χ2v) is 10.0. The number of amides is 2. The van der Waals surface area contributed by atoms with Gasteiger partial charge in [0.05, 0.1) is 16.6 Å². The topological polar surface area (TPSA) is 83.1 Å². The molecule has 0 aliphatic carbocycles. The van der Waals surface area contributed by atoms with Gasteiger partial charge < -0.3 is 10.6 Å². The van der Waals surface area contributed by atoms with E-state index in [1.54, 1.807) is 0 Å². The maximum absolute atomic E-state index is 11.9. The minimum absolute atomic E-state index is 0.190. The molecule has 1 saturated heterocycles. The van der Waals surface area contributed by atoms with Crippen molar-refractivity contribution in [2.24, 2.45) is 5.92 Å². The number of imide groups is 1. The molecule has 2 aromatic carbocycles. The molecule has 3 aromatic rings. The van der Waals surface area contributed by atoms with Gasteiger partial charge in [-0.15, -0.1) is 0 Å². The highest BCUT2D eigenvalue weighted by Crippen LogP contribution is 2.31. The third-order valence-electron chi connectivity index (χ3n) is 6.49. The van der Waals surface area contributed by atoms with Crippen LogP contribution >= 0.6 is 11.8 Å². The first kappa shape index (κ1) is 22.6. The maximum Gasteiger partial charge on any atom is 0.286 e. The van der Waals surface area contributed by atoms with E-state index < -0.39 is 0 Å². The predicted octanol–water partition coefficient (Wildman–Crippen LogP) is 4.13. The van der Waals surface area contributed by atoms with Crippen molar-refractivity contribution in [3.63, 3.8) is 0 Å². The number of thioether (sulfide) groups is 1. The zero-order chi connectivity index (χ0) is 23.3. The van der Waals surface area contributed by atoms with Gasteiger partial charge in [-0.3, -0.25) is 19.9 Å². The standard InChI is InChI=1S/C27H28N4O2S/c32-26-24(34-27(33)31-26)15-19-7-4-6-18(14-19)11-13-29-25(20-8-2-1-3-9-20)21-16-23-22(30-17-21)10-5-12-28-23/h1-10,12,14,21,24-25,29-30H,11,13,15-17H2,(H,31,32,33)/t21-,24?,25-/m1/s1. The fourth-order valence-corrected chi connectivity index (χ4v) is 5.66. The Morgan fingerprint density at radius 2 is 1.88 bits per heavy atom. The van der Waals surface area contributed by atoms with Gasteiger partial charge in [-0.2, -0.15) is 0 Å².